The van der Waals surface area contributed by atoms with Crippen molar-refractivity contribution in [1.29, 1.82) is 0 Å². The Morgan fingerprint density at radius 1 is 1.08 bits per heavy atom. The molecule has 0 aromatic heterocycles. The number of benzene rings is 2. The van der Waals surface area contributed by atoms with Crippen LogP contribution in [-0.4, -0.2) is 19.2 Å². The second-order valence-corrected chi connectivity index (χ2v) is 6.52. The fourth-order valence-electron chi connectivity index (χ4n) is 1.92. The Hall–Kier alpha value is -3.40. The highest BCUT2D eigenvalue weighted by Gasteiger charge is 2.08. The number of nitrogens with zero attached hydrogens (tertiary/aromatic N) is 2. The van der Waals surface area contributed by atoms with Crippen molar-refractivity contribution < 1.29 is 13.3 Å². The Morgan fingerprint density at radius 2 is 1.64 bits per heavy atom. The van der Waals surface area contributed by atoms with Gasteiger partial charge in [-0.3, -0.25) is 10.1 Å². The van der Waals surface area contributed by atoms with Gasteiger partial charge in [-0.25, -0.2) is 0 Å². The topological polar surface area (TPSA) is 168 Å². The zero-order valence-electron chi connectivity index (χ0n) is 12.9. The highest BCUT2D eigenvalue weighted by Crippen LogP contribution is 2.15. The zero-order valence-corrected chi connectivity index (χ0v) is 13.7. The molecule has 0 aliphatic carbocycles. The van der Waals surface area contributed by atoms with Crippen LogP contribution < -0.4 is 17.2 Å². The summed E-state index contributed by atoms with van der Waals surface area (Å²) in [6, 6.07) is 9.75. The van der Waals surface area contributed by atoms with E-state index in [2.05, 4.69) is 4.40 Å². The number of nitrogens with two attached hydrogens (primary N) is 3. The Bertz CT molecular complexity index is 946. The van der Waals surface area contributed by atoms with Crippen molar-refractivity contribution in [2.24, 2.45) is 10.1 Å². The number of amidine groups is 1. The second kappa shape index (κ2) is 7.01. The number of hydrogen-bond acceptors (Lipinski definition) is 6. The van der Waals surface area contributed by atoms with Crippen LogP contribution >= 0.6 is 0 Å². The first kappa shape index (κ1) is 17.9. The van der Waals surface area contributed by atoms with Crippen molar-refractivity contribution in [2.75, 3.05) is 11.5 Å². The predicted octanol–water partition coefficient (Wildman–Crippen LogP) is 1.47. The Kier molecular flexibility index (Phi) is 5.03. The van der Waals surface area contributed by atoms with Crippen LogP contribution in [0.5, 0.6) is 0 Å². The molecule has 9 nitrogen and oxygen atoms in total. The van der Waals surface area contributed by atoms with Crippen LogP contribution in [-0.2, 0) is 10.0 Å². The molecular weight excluding hydrogens is 346 g/mol. The molecule has 10 heteroatoms. The molecular formula is C15H15N5O4S. The van der Waals surface area contributed by atoms with Crippen LogP contribution in [0.25, 0.3) is 6.08 Å². The summed E-state index contributed by atoms with van der Waals surface area (Å²) in [6.07, 6.45) is 1.25. The van der Waals surface area contributed by atoms with Gasteiger partial charge in [0.1, 0.15) is 5.84 Å². The van der Waals surface area contributed by atoms with Crippen molar-refractivity contribution in [3.63, 3.8) is 0 Å². The van der Waals surface area contributed by atoms with Crippen molar-refractivity contribution in [3.05, 3.63) is 69.1 Å². The molecule has 0 aliphatic heterocycles. The summed E-state index contributed by atoms with van der Waals surface area (Å²) >= 11 is 0. The van der Waals surface area contributed by atoms with E-state index in [1.54, 1.807) is 0 Å². The maximum Gasteiger partial charge on any atom is 0.277 e. The van der Waals surface area contributed by atoms with E-state index in [0.717, 1.165) is 5.41 Å². The van der Waals surface area contributed by atoms with Gasteiger partial charge < -0.3 is 17.2 Å². The van der Waals surface area contributed by atoms with Gasteiger partial charge in [-0.15, -0.1) is 4.40 Å². The highest BCUT2D eigenvalue weighted by molar-refractivity contribution is 7.93. The molecule has 0 amide bonds. The van der Waals surface area contributed by atoms with E-state index in [4.69, 9.17) is 17.2 Å². The van der Waals surface area contributed by atoms with Gasteiger partial charge in [-0.2, -0.15) is 8.42 Å². The molecule has 0 saturated heterocycles. The lowest BCUT2D eigenvalue weighted by Gasteiger charge is -2.03. The van der Waals surface area contributed by atoms with E-state index >= 15 is 0 Å². The second-order valence-electron chi connectivity index (χ2n) is 5.03. The molecule has 0 unspecified atom stereocenters. The van der Waals surface area contributed by atoms with Crippen molar-refractivity contribution in [3.8, 4) is 0 Å². The van der Waals surface area contributed by atoms with Crippen LogP contribution in [0.4, 0.5) is 17.1 Å². The van der Waals surface area contributed by atoms with Gasteiger partial charge in [0, 0.05) is 29.1 Å². The average molecular weight is 361 g/mol. The smallest absolute Gasteiger partial charge is 0.277 e. The largest absolute Gasteiger partial charge is 0.399 e. The summed E-state index contributed by atoms with van der Waals surface area (Å²) in [7, 11) is -4.01. The van der Waals surface area contributed by atoms with Crippen LogP contribution in [0, 0.1) is 10.1 Å². The number of sulfonamides is 1. The first-order valence-corrected chi connectivity index (χ1v) is 8.36. The molecule has 6 N–H and O–H groups in total. The standard InChI is InChI=1S/C15H15N5O4S/c16-12-7-11(8-13(17)9-12)15(18)19-25(23,24)6-5-10-1-3-14(4-2-10)20(21)22/h1-9H,16-17H2,(H2,18,19)/b6-5+. The number of rotatable bonds is 5. The number of nitrogen functional groups attached to an aromatic ring is 2. The minimum atomic E-state index is -4.01. The highest BCUT2D eigenvalue weighted by atomic mass is 32.2. The molecule has 0 heterocycles. The van der Waals surface area contributed by atoms with Crippen molar-refractivity contribution >= 4 is 39.0 Å². The summed E-state index contributed by atoms with van der Waals surface area (Å²) in [6.45, 7) is 0. The molecule has 2 rings (SSSR count). The van der Waals surface area contributed by atoms with Gasteiger partial charge in [-0.1, -0.05) is 0 Å². The molecule has 0 spiro atoms. The van der Waals surface area contributed by atoms with E-state index in [-0.39, 0.29) is 17.1 Å². The molecule has 2 aromatic carbocycles. The lowest BCUT2D eigenvalue weighted by atomic mass is 10.1. The Morgan fingerprint density at radius 3 is 2.16 bits per heavy atom. The van der Waals surface area contributed by atoms with Crippen LogP contribution in [0.1, 0.15) is 11.1 Å². The normalized spacial score (nSPS) is 12.4. The molecule has 130 valence electrons. The van der Waals surface area contributed by atoms with Gasteiger partial charge in [-0.05, 0) is 42.0 Å². The molecule has 0 saturated carbocycles. The first-order valence-electron chi connectivity index (χ1n) is 6.86. The lowest BCUT2D eigenvalue weighted by molar-refractivity contribution is -0.384. The van der Waals surface area contributed by atoms with E-state index in [1.807, 2.05) is 0 Å². The van der Waals surface area contributed by atoms with E-state index in [9.17, 15) is 18.5 Å². The number of nitro groups is 1. The average Bonchev–Trinajstić information content (AvgIpc) is 2.52. The molecule has 0 aliphatic rings. The van der Waals surface area contributed by atoms with Gasteiger partial charge in [0.15, 0.2) is 0 Å². The number of hydrogen-bond donors (Lipinski definition) is 3. The number of anilines is 2. The van der Waals surface area contributed by atoms with Gasteiger partial charge >= 0.3 is 0 Å². The zero-order chi connectivity index (χ0) is 18.6. The summed E-state index contributed by atoms with van der Waals surface area (Å²) in [5.41, 5.74) is 18.2. The summed E-state index contributed by atoms with van der Waals surface area (Å²) in [5.74, 6) is -0.257. The van der Waals surface area contributed by atoms with Gasteiger partial charge in [0.25, 0.3) is 15.7 Å². The summed E-state index contributed by atoms with van der Waals surface area (Å²) in [5, 5.41) is 11.4. The maximum atomic E-state index is 12.0. The van der Waals surface area contributed by atoms with Crippen molar-refractivity contribution in [2.45, 2.75) is 0 Å². The van der Waals surface area contributed by atoms with E-state index in [0.29, 0.717) is 16.9 Å². The predicted molar refractivity (Wildman–Crippen MR) is 97.0 cm³/mol. The molecule has 25 heavy (non-hydrogen) atoms. The quantitative estimate of drug-likeness (QED) is 0.238. The van der Waals surface area contributed by atoms with Crippen molar-refractivity contribution in [1.82, 2.24) is 0 Å². The third kappa shape index (κ3) is 5.04. The SMILES string of the molecule is N/C(=N/S(=O)(=O)/C=C/c1ccc([N+](=O)[O-])cc1)c1cc(N)cc(N)c1. The van der Waals surface area contributed by atoms with E-state index in [1.165, 1.54) is 48.5 Å². The third-order valence-electron chi connectivity index (χ3n) is 3.04. The summed E-state index contributed by atoms with van der Waals surface area (Å²) in [4.78, 5) is 10.0. The fourth-order valence-corrected chi connectivity index (χ4v) is 2.69. The Balaban J connectivity index is 2.24. The minimum absolute atomic E-state index is 0.0958. The fraction of sp³-hybridized carbons (Fsp3) is 0. The van der Waals surface area contributed by atoms with Crippen LogP contribution in [0.3, 0.4) is 0 Å². The van der Waals surface area contributed by atoms with Gasteiger partial charge in [0.2, 0.25) is 0 Å². The molecule has 0 atom stereocenters. The first-order chi connectivity index (χ1) is 11.7. The lowest BCUT2D eigenvalue weighted by Crippen LogP contribution is -2.16. The molecule has 0 bridgehead atoms. The van der Waals surface area contributed by atoms with Gasteiger partial charge in [0.05, 0.1) is 10.3 Å². The monoisotopic (exact) mass is 361 g/mol. The minimum Gasteiger partial charge on any atom is -0.399 e. The van der Waals surface area contributed by atoms with Crippen LogP contribution in [0.15, 0.2) is 52.3 Å². The maximum absolute atomic E-state index is 12.0. The molecule has 2 aromatic rings. The number of non-ortho nitro benzene ring substituents is 1. The number of nitro benzene ring substituents is 1. The van der Waals surface area contributed by atoms with Crippen LogP contribution in [0.2, 0.25) is 0 Å². The van der Waals surface area contributed by atoms with E-state index < -0.39 is 14.9 Å². The third-order valence-corrected chi connectivity index (χ3v) is 3.97. The molecule has 0 radical (unpaired) electrons. The Labute approximate surface area is 143 Å². The molecule has 0 fully saturated rings. The summed E-state index contributed by atoms with van der Waals surface area (Å²) < 4.78 is 27.5.